The molecule has 1 aromatic carbocycles. The standard InChI is InChI=1S/C14H19NO3/c1-11(16)15-9-7-12(8-10-15)18-14-6-4-3-5-13(14)17-2/h3-6,12H,7-10H2,1-2H3. The highest BCUT2D eigenvalue weighted by Gasteiger charge is 2.22. The van der Waals surface area contributed by atoms with Crippen molar-refractivity contribution in [1.29, 1.82) is 0 Å². The Labute approximate surface area is 107 Å². The Bertz CT molecular complexity index is 411. The molecule has 18 heavy (non-hydrogen) atoms. The summed E-state index contributed by atoms with van der Waals surface area (Å²) in [4.78, 5) is 13.1. The van der Waals surface area contributed by atoms with Crippen LogP contribution < -0.4 is 9.47 Å². The third kappa shape index (κ3) is 2.94. The minimum absolute atomic E-state index is 0.144. The molecule has 1 aliphatic heterocycles. The highest BCUT2D eigenvalue weighted by molar-refractivity contribution is 5.73. The Morgan fingerprint density at radius 3 is 2.39 bits per heavy atom. The highest BCUT2D eigenvalue weighted by atomic mass is 16.5. The van der Waals surface area contributed by atoms with Gasteiger partial charge in [-0.1, -0.05) is 12.1 Å². The van der Waals surface area contributed by atoms with Crippen molar-refractivity contribution in [3.8, 4) is 11.5 Å². The van der Waals surface area contributed by atoms with Crippen molar-refractivity contribution >= 4 is 5.91 Å². The van der Waals surface area contributed by atoms with Crippen LogP contribution in [0.1, 0.15) is 19.8 Å². The first-order valence-corrected chi connectivity index (χ1v) is 6.26. The first-order chi connectivity index (χ1) is 8.70. The van der Waals surface area contributed by atoms with Crippen LogP contribution in [0.25, 0.3) is 0 Å². The molecule has 4 heteroatoms. The van der Waals surface area contributed by atoms with Gasteiger partial charge in [-0.3, -0.25) is 4.79 Å². The zero-order chi connectivity index (χ0) is 13.0. The van der Waals surface area contributed by atoms with E-state index in [9.17, 15) is 4.79 Å². The first-order valence-electron chi connectivity index (χ1n) is 6.26. The minimum Gasteiger partial charge on any atom is -0.493 e. The van der Waals surface area contributed by atoms with Gasteiger partial charge in [0.05, 0.1) is 7.11 Å². The molecule has 2 rings (SSSR count). The molecule has 1 heterocycles. The van der Waals surface area contributed by atoms with E-state index >= 15 is 0 Å². The Balaban J connectivity index is 1.93. The fraction of sp³-hybridized carbons (Fsp3) is 0.500. The van der Waals surface area contributed by atoms with Crippen LogP contribution in [-0.2, 0) is 4.79 Å². The largest absolute Gasteiger partial charge is 0.493 e. The Kier molecular flexibility index (Phi) is 4.07. The number of benzene rings is 1. The van der Waals surface area contributed by atoms with Crippen LogP contribution in [0.4, 0.5) is 0 Å². The summed E-state index contributed by atoms with van der Waals surface area (Å²) in [5, 5.41) is 0. The fourth-order valence-electron chi connectivity index (χ4n) is 2.18. The van der Waals surface area contributed by atoms with Crippen molar-refractivity contribution in [2.24, 2.45) is 0 Å². The number of amides is 1. The molecule has 1 fully saturated rings. The summed E-state index contributed by atoms with van der Waals surface area (Å²) in [6, 6.07) is 7.66. The molecule has 1 amide bonds. The summed E-state index contributed by atoms with van der Waals surface area (Å²) in [6.07, 6.45) is 1.91. The van der Waals surface area contributed by atoms with E-state index in [1.807, 2.05) is 29.2 Å². The molecular weight excluding hydrogens is 230 g/mol. The molecule has 0 radical (unpaired) electrons. The smallest absolute Gasteiger partial charge is 0.219 e. The van der Waals surface area contributed by atoms with E-state index in [4.69, 9.17) is 9.47 Å². The molecule has 1 saturated heterocycles. The molecule has 0 atom stereocenters. The van der Waals surface area contributed by atoms with Crippen molar-refractivity contribution in [2.45, 2.75) is 25.9 Å². The second kappa shape index (κ2) is 5.76. The average molecular weight is 249 g/mol. The minimum atomic E-state index is 0.144. The second-order valence-corrected chi connectivity index (χ2v) is 4.47. The molecule has 0 aliphatic carbocycles. The number of para-hydroxylation sites is 2. The molecule has 1 aliphatic rings. The number of rotatable bonds is 3. The Morgan fingerprint density at radius 2 is 1.83 bits per heavy atom. The van der Waals surface area contributed by atoms with E-state index in [-0.39, 0.29) is 12.0 Å². The van der Waals surface area contributed by atoms with E-state index in [0.717, 1.165) is 37.4 Å². The number of piperidine rings is 1. The van der Waals surface area contributed by atoms with Gasteiger partial charge in [0.25, 0.3) is 0 Å². The number of hydrogen-bond donors (Lipinski definition) is 0. The Morgan fingerprint density at radius 1 is 1.22 bits per heavy atom. The van der Waals surface area contributed by atoms with Crippen LogP contribution in [0.5, 0.6) is 11.5 Å². The van der Waals surface area contributed by atoms with Crippen molar-refractivity contribution in [2.75, 3.05) is 20.2 Å². The molecule has 98 valence electrons. The molecular formula is C14H19NO3. The number of carbonyl (C=O) groups is 1. The maximum atomic E-state index is 11.2. The lowest BCUT2D eigenvalue weighted by Gasteiger charge is -2.31. The predicted octanol–water partition coefficient (Wildman–Crippen LogP) is 2.08. The predicted molar refractivity (Wildman–Crippen MR) is 68.9 cm³/mol. The first kappa shape index (κ1) is 12.7. The number of methoxy groups -OCH3 is 1. The second-order valence-electron chi connectivity index (χ2n) is 4.47. The van der Waals surface area contributed by atoms with Gasteiger partial charge in [0.1, 0.15) is 6.10 Å². The van der Waals surface area contributed by atoms with Gasteiger partial charge in [-0.05, 0) is 12.1 Å². The Hall–Kier alpha value is -1.71. The van der Waals surface area contributed by atoms with E-state index in [2.05, 4.69) is 0 Å². The van der Waals surface area contributed by atoms with E-state index in [0.29, 0.717) is 0 Å². The highest BCUT2D eigenvalue weighted by Crippen LogP contribution is 2.28. The zero-order valence-corrected chi connectivity index (χ0v) is 10.9. The van der Waals surface area contributed by atoms with Crippen molar-refractivity contribution in [1.82, 2.24) is 4.90 Å². The molecule has 0 aromatic heterocycles. The summed E-state index contributed by atoms with van der Waals surface area (Å²) in [6.45, 7) is 3.16. The van der Waals surface area contributed by atoms with Gasteiger partial charge < -0.3 is 14.4 Å². The lowest BCUT2D eigenvalue weighted by Crippen LogP contribution is -2.40. The number of carbonyl (C=O) groups excluding carboxylic acids is 1. The molecule has 0 bridgehead atoms. The maximum Gasteiger partial charge on any atom is 0.219 e. The number of ether oxygens (including phenoxy) is 2. The van der Waals surface area contributed by atoms with E-state index in [1.54, 1.807) is 14.0 Å². The van der Waals surface area contributed by atoms with Crippen LogP contribution in [-0.4, -0.2) is 37.1 Å². The molecule has 1 aromatic rings. The normalized spacial score (nSPS) is 16.4. The molecule has 0 spiro atoms. The van der Waals surface area contributed by atoms with Gasteiger partial charge in [0.2, 0.25) is 5.91 Å². The summed E-state index contributed by atoms with van der Waals surface area (Å²) < 4.78 is 11.2. The van der Waals surface area contributed by atoms with Gasteiger partial charge in [0, 0.05) is 32.9 Å². The summed E-state index contributed by atoms with van der Waals surface area (Å²) >= 11 is 0. The molecule has 4 nitrogen and oxygen atoms in total. The monoisotopic (exact) mass is 249 g/mol. The lowest BCUT2D eigenvalue weighted by atomic mass is 10.1. The quantitative estimate of drug-likeness (QED) is 0.823. The van der Waals surface area contributed by atoms with Crippen LogP contribution in [0.2, 0.25) is 0 Å². The number of hydrogen-bond acceptors (Lipinski definition) is 3. The summed E-state index contributed by atoms with van der Waals surface area (Å²) in [5.74, 6) is 1.68. The summed E-state index contributed by atoms with van der Waals surface area (Å²) in [7, 11) is 1.64. The van der Waals surface area contributed by atoms with Crippen LogP contribution in [0, 0.1) is 0 Å². The van der Waals surface area contributed by atoms with E-state index in [1.165, 1.54) is 0 Å². The third-order valence-corrected chi connectivity index (χ3v) is 3.25. The molecule has 0 N–H and O–H groups in total. The van der Waals surface area contributed by atoms with Crippen molar-refractivity contribution < 1.29 is 14.3 Å². The summed E-state index contributed by atoms with van der Waals surface area (Å²) in [5.41, 5.74) is 0. The van der Waals surface area contributed by atoms with Gasteiger partial charge in [-0.2, -0.15) is 0 Å². The van der Waals surface area contributed by atoms with Gasteiger partial charge in [-0.25, -0.2) is 0 Å². The number of nitrogens with zero attached hydrogens (tertiary/aromatic N) is 1. The SMILES string of the molecule is COc1ccccc1OC1CCN(C(C)=O)CC1. The average Bonchev–Trinajstić information content (AvgIpc) is 2.40. The molecule has 0 saturated carbocycles. The lowest BCUT2D eigenvalue weighted by molar-refractivity contribution is -0.130. The van der Waals surface area contributed by atoms with Crippen LogP contribution >= 0.6 is 0 Å². The van der Waals surface area contributed by atoms with Crippen molar-refractivity contribution in [3.63, 3.8) is 0 Å². The molecule has 0 unspecified atom stereocenters. The van der Waals surface area contributed by atoms with E-state index < -0.39 is 0 Å². The van der Waals surface area contributed by atoms with Crippen molar-refractivity contribution in [3.05, 3.63) is 24.3 Å². The van der Waals surface area contributed by atoms with Gasteiger partial charge in [-0.15, -0.1) is 0 Å². The third-order valence-electron chi connectivity index (χ3n) is 3.25. The number of likely N-dealkylation sites (tertiary alicyclic amines) is 1. The van der Waals surface area contributed by atoms with Crippen LogP contribution in [0.3, 0.4) is 0 Å². The zero-order valence-electron chi connectivity index (χ0n) is 10.9. The van der Waals surface area contributed by atoms with Gasteiger partial charge >= 0.3 is 0 Å². The van der Waals surface area contributed by atoms with Crippen LogP contribution in [0.15, 0.2) is 24.3 Å². The maximum absolute atomic E-state index is 11.2. The topological polar surface area (TPSA) is 38.8 Å². The fourth-order valence-corrected chi connectivity index (χ4v) is 2.18. The van der Waals surface area contributed by atoms with Gasteiger partial charge in [0.15, 0.2) is 11.5 Å².